The molecular weight excluding hydrogens is 314 g/mol. The van der Waals surface area contributed by atoms with Crippen LogP contribution in [0.2, 0.25) is 0 Å². The second kappa shape index (κ2) is 5.61. The molecule has 1 heterocycles. The molecule has 1 amide bonds. The fourth-order valence-electron chi connectivity index (χ4n) is 2.22. The Kier molecular flexibility index (Phi) is 4.09. The molecule has 0 unspecified atom stereocenters. The molecule has 102 valence electrons. The lowest BCUT2D eigenvalue weighted by Crippen LogP contribution is -2.40. The van der Waals surface area contributed by atoms with Crippen molar-refractivity contribution in [3.63, 3.8) is 0 Å². The zero-order valence-electron chi connectivity index (χ0n) is 10.4. The van der Waals surface area contributed by atoms with Crippen LogP contribution in [-0.2, 0) is 4.79 Å². The molecule has 1 saturated heterocycles. The van der Waals surface area contributed by atoms with Gasteiger partial charge in [-0.25, -0.2) is 4.79 Å². The summed E-state index contributed by atoms with van der Waals surface area (Å²) in [5.74, 6) is -0.668. The van der Waals surface area contributed by atoms with E-state index < -0.39 is 12.0 Å². The molecule has 5 nitrogen and oxygen atoms in total. The van der Waals surface area contributed by atoms with Crippen LogP contribution in [0.5, 0.6) is 5.75 Å². The molecular formula is C13H14BrNO4. The van der Waals surface area contributed by atoms with E-state index in [9.17, 15) is 9.59 Å². The first-order valence-corrected chi connectivity index (χ1v) is 6.71. The largest absolute Gasteiger partial charge is 0.497 e. The first-order chi connectivity index (χ1) is 9.04. The molecule has 0 bridgehead atoms. The Morgan fingerprint density at radius 2 is 2.21 bits per heavy atom. The van der Waals surface area contributed by atoms with Gasteiger partial charge in [0.05, 0.1) is 12.7 Å². The van der Waals surface area contributed by atoms with Crippen LogP contribution in [0.15, 0.2) is 22.7 Å². The molecule has 19 heavy (non-hydrogen) atoms. The number of rotatable bonds is 3. The summed E-state index contributed by atoms with van der Waals surface area (Å²) in [6, 6.07) is 4.34. The van der Waals surface area contributed by atoms with Gasteiger partial charge in [-0.2, -0.15) is 0 Å². The molecule has 0 radical (unpaired) electrons. The smallest absolute Gasteiger partial charge is 0.326 e. The van der Waals surface area contributed by atoms with Crippen LogP contribution in [0, 0.1) is 0 Å². The van der Waals surface area contributed by atoms with Gasteiger partial charge in [0.15, 0.2) is 0 Å². The van der Waals surface area contributed by atoms with Crippen molar-refractivity contribution in [3.05, 3.63) is 28.2 Å². The monoisotopic (exact) mass is 327 g/mol. The van der Waals surface area contributed by atoms with Gasteiger partial charge < -0.3 is 14.7 Å². The number of carbonyl (C=O) groups is 2. The highest BCUT2D eigenvalue weighted by Gasteiger charge is 2.35. The van der Waals surface area contributed by atoms with Crippen molar-refractivity contribution < 1.29 is 19.4 Å². The van der Waals surface area contributed by atoms with Crippen LogP contribution in [-0.4, -0.2) is 41.6 Å². The van der Waals surface area contributed by atoms with E-state index in [-0.39, 0.29) is 5.91 Å². The summed E-state index contributed by atoms with van der Waals surface area (Å²) in [5, 5.41) is 9.12. The molecule has 6 heteroatoms. The fourth-order valence-corrected chi connectivity index (χ4v) is 2.63. The van der Waals surface area contributed by atoms with Crippen molar-refractivity contribution in [2.24, 2.45) is 0 Å². The van der Waals surface area contributed by atoms with Crippen molar-refractivity contribution in [2.75, 3.05) is 13.7 Å². The number of benzene rings is 1. The predicted octanol–water partition coefficient (Wildman–Crippen LogP) is 2.15. The predicted molar refractivity (Wildman–Crippen MR) is 72.4 cm³/mol. The van der Waals surface area contributed by atoms with Crippen LogP contribution in [0.3, 0.4) is 0 Å². The molecule has 0 aliphatic carbocycles. The number of carboxylic acid groups (broad SMARTS) is 1. The molecule has 2 rings (SSSR count). The summed E-state index contributed by atoms with van der Waals surface area (Å²) in [6.45, 7) is 0.472. The maximum Gasteiger partial charge on any atom is 0.326 e. The van der Waals surface area contributed by atoms with E-state index >= 15 is 0 Å². The Balaban J connectivity index is 2.31. The average molecular weight is 328 g/mol. The number of methoxy groups -OCH3 is 1. The number of hydrogen-bond acceptors (Lipinski definition) is 3. The zero-order chi connectivity index (χ0) is 14.0. The first kappa shape index (κ1) is 13.9. The highest BCUT2D eigenvalue weighted by molar-refractivity contribution is 9.10. The van der Waals surface area contributed by atoms with E-state index in [1.165, 1.54) is 12.0 Å². The van der Waals surface area contributed by atoms with E-state index in [4.69, 9.17) is 9.84 Å². The summed E-state index contributed by atoms with van der Waals surface area (Å²) in [7, 11) is 1.52. The molecule has 1 aromatic carbocycles. The molecule has 0 aromatic heterocycles. The van der Waals surface area contributed by atoms with Gasteiger partial charge in [-0.3, -0.25) is 4.79 Å². The fraction of sp³-hybridized carbons (Fsp3) is 0.385. The molecule has 0 saturated carbocycles. The number of carboxylic acids is 1. The van der Waals surface area contributed by atoms with Crippen LogP contribution >= 0.6 is 15.9 Å². The van der Waals surface area contributed by atoms with E-state index in [2.05, 4.69) is 15.9 Å². The van der Waals surface area contributed by atoms with Crippen molar-refractivity contribution in [1.29, 1.82) is 0 Å². The van der Waals surface area contributed by atoms with Gasteiger partial charge in [-0.05, 0) is 47.0 Å². The van der Waals surface area contributed by atoms with Crippen molar-refractivity contribution in [3.8, 4) is 5.75 Å². The number of halogens is 1. The molecule has 1 atom stereocenters. The van der Waals surface area contributed by atoms with Gasteiger partial charge in [0, 0.05) is 11.0 Å². The van der Waals surface area contributed by atoms with Gasteiger partial charge in [0.25, 0.3) is 5.91 Å². The maximum atomic E-state index is 12.4. The zero-order valence-corrected chi connectivity index (χ0v) is 12.0. The Labute approximate surface area is 119 Å². The number of amides is 1. The number of ether oxygens (including phenoxy) is 1. The molecule has 1 aromatic rings. The maximum absolute atomic E-state index is 12.4. The Morgan fingerprint density at radius 3 is 2.84 bits per heavy atom. The lowest BCUT2D eigenvalue weighted by molar-refractivity contribution is -0.141. The quantitative estimate of drug-likeness (QED) is 0.923. The summed E-state index contributed by atoms with van der Waals surface area (Å²) < 4.78 is 5.72. The molecule has 1 aliphatic rings. The van der Waals surface area contributed by atoms with Crippen LogP contribution in [0.25, 0.3) is 0 Å². The Morgan fingerprint density at radius 1 is 1.47 bits per heavy atom. The molecule has 0 spiro atoms. The number of nitrogens with zero attached hydrogens (tertiary/aromatic N) is 1. The number of carbonyl (C=O) groups excluding carboxylic acids is 1. The third kappa shape index (κ3) is 2.73. The molecule has 1 N–H and O–H groups in total. The van der Waals surface area contributed by atoms with Crippen LogP contribution in [0.4, 0.5) is 0 Å². The van der Waals surface area contributed by atoms with Crippen LogP contribution < -0.4 is 4.74 Å². The minimum atomic E-state index is -0.954. The second-order valence-electron chi connectivity index (χ2n) is 4.34. The van der Waals surface area contributed by atoms with E-state index in [1.807, 2.05) is 0 Å². The summed E-state index contributed by atoms with van der Waals surface area (Å²) >= 11 is 3.31. The van der Waals surface area contributed by atoms with Crippen molar-refractivity contribution in [1.82, 2.24) is 4.90 Å². The average Bonchev–Trinajstić information content (AvgIpc) is 2.88. The van der Waals surface area contributed by atoms with Gasteiger partial charge in [-0.1, -0.05) is 0 Å². The van der Waals surface area contributed by atoms with E-state index in [1.54, 1.807) is 18.2 Å². The minimum Gasteiger partial charge on any atom is -0.497 e. The Hall–Kier alpha value is -1.56. The second-order valence-corrected chi connectivity index (χ2v) is 5.19. The van der Waals surface area contributed by atoms with Crippen molar-refractivity contribution >= 4 is 27.8 Å². The number of hydrogen-bond donors (Lipinski definition) is 1. The van der Waals surface area contributed by atoms with Gasteiger partial charge in [-0.15, -0.1) is 0 Å². The first-order valence-electron chi connectivity index (χ1n) is 5.92. The standard InChI is InChI=1S/C13H14BrNO4/c1-19-8-4-5-10(14)9(7-8)12(16)15-6-2-3-11(15)13(17)18/h4-5,7,11H,2-3,6H2,1H3,(H,17,18)/t11-/m0/s1. The third-order valence-corrected chi connectivity index (χ3v) is 3.89. The lowest BCUT2D eigenvalue weighted by atomic mass is 10.1. The number of aliphatic carboxylic acids is 1. The summed E-state index contributed by atoms with van der Waals surface area (Å²) in [4.78, 5) is 25.0. The van der Waals surface area contributed by atoms with Gasteiger partial charge in [0.1, 0.15) is 11.8 Å². The Bertz CT molecular complexity index is 517. The lowest BCUT2D eigenvalue weighted by Gasteiger charge is -2.22. The number of likely N-dealkylation sites (tertiary alicyclic amines) is 1. The molecule has 1 fully saturated rings. The highest BCUT2D eigenvalue weighted by Crippen LogP contribution is 2.27. The topological polar surface area (TPSA) is 66.8 Å². The van der Waals surface area contributed by atoms with Gasteiger partial charge in [0.2, 0.25) is 0 Å². The van der Waals surface area contributed by atoms with Crippen molar-refractivity contribution in [2.45, 2.75) is 18.9 Å². The third-order valence-electron chi connectivity index (χ3n) is 3.20. The summed E-state index contributed by atoms with van der Waals surface area (Å²) in [5.41, 5.74) is 0.424. The molecule has 1 aliphatic heterocycles. The van der Waals surface area contributed by atoms with Crippen LogP contribution in [0.1, 0.15) is 23.2 Å². The van der Waals surface area contributed by atoms with Gasteiger partial charge >= 0.3 is 5.97 Å². The van der Waals surface area contributed by atoms with E-state index in [0.717, 1.165) is 0 Å². The van der Waals surface area contributed by atoms with E-state index in [0.29, 0.717) is 35.2 Å². The highest BCUT2D eigenvalue weighted by atomic mass is 79.9. The summed E-state index contributed by atoms with van der Waals surface area (Å²) in [6.07, 6.45) is 1.22. The SMILES string of the molecule is COc1ccc(Br)c(C(=O)N2CCC[C@H]2C(=O)O)c1. The minimum absolute atomic E-state index is 0.282. The normalized spacial score (nSPS) is 18.4.